The molecular weight excluding hydrogens is 172 g/mol. The van der Waals surface area contributed by atoms with Crippen molar-refractivity contribution < 1.29 is 14.3 Å². The first-order valence-electron chi connectivity index (χ1n) is 4.44. The van der Waals surface area contributed by atoms with Crippen LogP contribution in [0.3, 0.4) is 0 Å². The van der Waals surface area contributed by atoms with Gasteiger partial charge in [0.15, 0.2) is 0 Å². The molecule has 1 saturated carbocycles. The van der Waals surface area contributed by atoms with Crippen LogP contribution in [0.15, 0.2) is 0 Å². The van der Waals surface area contributed by atoms with Crippen LogP contribution in [0.1, 0.15) is 12.8 Å². The van der Waals surface area contributed by atoms with Gasteiger partial charge in [0, 0.05) is 13.2 Å². The van der Waals surface area contributed by atoms with Gasteiger partial charge in [-0.15, -0.1) is 0 Å². The average molecular weight is 188 g/mol. The minimum atomic E-state index is -0.153. The van der Waals surface area contributed by atoms with E-state index < -0.39 is 0 Å². The third kappa shape index (κ3) is 5.43. The van der Waals surface area contributed by atoms with E-state index in [-0.39, 0.29) is 12.8 Å². The Morgan fingerprint density at radius 3 is 2.85 bits per heavy atom. The summed E-state index contributed by atoms with van der Waals surface area (Å²) in [5, 5.41) is 5.37. The van der Waals surface area contributed by atoms with E-state index in [0.717, 1.165) is 12.8 Å². The van der Waals surface area contributed by atoms with Crippen molar-refractivity contribution in [1.29, 1.82) is 0 Å². The van der Waals surface area contributed by atoms with Crippen LogP contribution < -0.4 is 10.6 Å². The smallest absolute Gasteiger partial charge is 0.316 e. The van der Waals surface area contributed by atoms with Crippen molar-refractivity contribution in [2.75, 3.05) is 27.1 Å². The number of rotatable bonds is 6. The van der Waals surface area contributed by atoms with E-state index in [1.54, 1.807) is 7.11 Å². The second-order valence-corrected chi connectivity index (χ2v) is 2.97. The topological polar surface area (TPSA) is 59.6 Å². The molecule has 2 N–H and O–H groups in total. The molecule has 1 rings (SSSR count). The van der Waals surface area contributed by atoms with E-state index >= 15 is 0 Å². The summed E-state index contributed by atoms with van der Waals surface area (Å²) in [5.41, 5.74) is 0. The minimum Gasteiger partial charge on any atom is -0.382 e. The van der Waals surface area contributed by atoms with Crippen molar-refractivity contribution in [2.24, 2.45) is 0 Å². The van der Waals surface area contributed by atoms with Gasteiger partial charge in [-0.2, -0.15) is 0 Å². The number of carbonyl (C=O) groups is 1. The fraction of sp³-hybridized carbons (Fsp3) is 0.875. The van der Waals surface area contributed by atoms with Crippen LogP contribution in [0, 0.1) is 0 Å². The molecule has 0 aliphatic heterocycles. The molecule has 0 unspecified atom stereocenters. The summed E-state index contributed by atoms with van der Waals surface area (Å²) in [7, 11) is 1.61. The van der Waals surface area contributed by atoms with E-state index in [9.17, 15) is 4.79 Å². The highest BCUT2D eigenvalue weighted by Gasteiger charge is 2.22. The van der Waals surface area contributed by atoms with Crippen molar-refractivity contribution in [3.05, 3.63) is 0 Å². The quantitative estimate of drug-likeness (QED) is 0.458. The van der Waals surface area contributed by atoms with Crippen LogP contribution in [0.4, 0.5) is 4.79 Å². The van der Waals surface area contributed by atoms with Gasteiger partial charge in [0.1, 0.15) is 6.73 Å². The highest BCUT2D eigenvalue weighted by atomic mass is 16.5. The Bertz CT molecular complexity index is 159. The fourth-order valence-corrected chi connectivity index (χ4v) is 0.795. The molecule has 1 fully saturated rings. The summed E-state index contributed by atoms with van der Waals surface area (Å²) in [6.45, 7) is 1.29. The number of carbonyl (C=O) groups excluding carboxylic acids is 1. The van der Waals surface area contributed by atoms with E-state index in [2.05, 4.69) is 10.6 Å². The molecule has 0 aromatic carbocycles. The molecule has 1 aliphatic rings. The zero-order valence-electron chi connectivity index (χ0n) is 7.84. The van der Waals surface area contributed by atoms with E-state index in [4.69, 9.17) is 9.47 Å². The Hall–Kier alpha value is -0.810. The molecular formula is C8H16N2O3. The van der Waals surface area contributed by atoms with Gasteiger partial charge in [-0.25, -0.2) is 4.79 Å². The van der Waals surface area contributed by atoms with Crippen LogP contribution in [0.2, 0.25) is 0 Å². The Morgan fingerprint density at radius 1 is 1.46 bits per heavy atom. The predicted octanol–water partition coefficient (Wildman–Crippen LogP) is 0.0685. The van der Waals surface area contributed by atoms with Gasteiger partial charge in [0.25, 0.3) is 0 Å². The second-order valence-electron chi connectivity index (χ2n) is 2.97. The summed E-state index contributed by atoms with van der Waals surface area (Å²) < 4.78 is 9.82. The van der Waals surface area contributed by atoms with Gasteiger partial charge in [0.2, 0.25) is 0 Å². The van der Waals surface area contributed by atoms with Crippen LogP contribution >= 0.6 is 0 Å². The number of hydrogen-bond acceptors (Lipinski definition) is 3. The summed E-state index contributed by atoms with van der Waals surface area (Å²) in [4.78, 5) is 11.0. The highest BCUT2D eigenvalue weighted by molar-refractivity contribution is 5.74. The van der Waals surface area contributed by atoms with Crippen molar-refractivity contribution in [1.82, 2.24) is 10.6 Å². The lowest BCUT2D eigenvalue weighted by molar-refractivity contribution is 0.0642. The molecule has 0 aromatic rings. The van der Waals surface area contributed by atoms with E-state index in [0.29, 0.717) is 19.3 Å². The largest absolute Gasteiger partial charge is 0.382 e. The lowest BCUT2D eigenvalue weighted by atomic mass is 10.7. The van der Waals surface area contributed by atoms with Gasteiger partial charge in [-0.3, -0.25) is 0 Å². The molecule has 2 amide bonds. The third-order valence-electron chi connectivity index (χ3n) is 1.68. The molecule has 0 bridgehead atoms. The molecule has 0 radical (unpaired) electrons. The molecule has 0 saturated heterocycles. The molecule has 0 spiro atoms. The van der Waals surface area contributed by atoms with Crippen molar-refractivity contribution in [3.63, 3.8) is 0 Å². The first kappa shape index (κ1) is 10.3. The van der Waals surface area contributed by atoms with E-state index in [1.807, 2.05) is 0 Å². The number of methoxy groups -OCH3 is 1. The van der Waals surface area contributed by atoms with Crippen molar-refractivity contribution >= 4 is 6.03 Å². The van der Waals surface area contributed by atoms with Gasteiger partial charge < -0.3 is 20.1 Å². The van der Waals surface area contributed by atoms with Crippen molar-refractivity contribution in [2.45, 2.75) is 18.9 Å². The van der Waals surface area contributed by atoms with Crippen LogP contribution in [-0.2, 0) is 9.47 Å². The molecule has 0 atom stereocenters. The molecule has 13 heavy (non-hydrogen) atoms. The van der Waals surface area contributed by atoms with Crippen LogP contribution in [0.25, 0.3) is 0 Å². The number of nitrogens with one attached hydrogen (secondary N) is 2. The first-order chi connectivity index (χ1) is 6.33. The minimum absolute atomic E-state index is 0.153. The summed E-state index contributed by atoms with van der Waals surface area (Å²) in [6, 6.07) is 0.235. The van der Waals surface area contributed by atoms with Crippen LogP contribution in [0.5, 0.6) is 0 Å². The Labute approximate surface area is 77.8 Å². The third-order valence-corrected chi connectivity index (χ3v) is 1.68. The van der Waals surface area contributed by atoms with Crippen molar-refractivity contribution in [3.8, 4) is 0 Å². The molecule has 5 nitrogen and oxygen atoms in total. The second kappa shape index (κ2) is 5.77. The standard InChI is InChI=1S/C8H16N2O3/c1-12-4-5-13-6-9-8(11)10-7-2-3-7/h7H,2-6H2,1H3,(H2,9,10,11). The Morgan fingerprint density at radius 2 is 2.23 bits per heavy atom. The SMILES string of the molecule is COCCOCNC(=O)NC1CC1. The van der Waals surface area contributed by atoms with Crippen LogP contribution in [-0.4, -0.2) is 39.1 Å². The average Bonchev–Trinajstić information content (AvgIpc) is 2.88. The molecule has 76 valence electrons. The summed E-state index contributed by atoms with van der Waals surface area (Å²) >= 11 is 0. The Balaban J connectivity index is 1.83. The monoisotopic (exact) mass is 188 g/mol. The lowest BCUT2D eigenvalue weighted by Crippen LogP contribution is -2.38. The number of hydrogen-bond donors (Lipinski definition) is 2. The molecule has 0 aromatic heterocycles. The fourth-order valence-electron chi connectivity index (χ4n) is 0.795. The van der Waals surface area contributed by atoms with Gasteiger partial charge in [0.05, 0.1) is 13.2 Å². The zero-order chi connectivity index (χ0) is 9.52. The number of urea groups is 1. The predicted molar refractivity (Wildman–Crippen MR) is 47.4 cm³/mol. The number of ether oxygens (including phenoxy) is 2. The van der Waals surface area contributed by atoms with Gasteiger partial charge >= 0.3 is 6.03 Å². The summed E-state index contributed by atoms with van der Waals surface area (Å²) in [5.74, 6) is 0. The Kier molecular flexibility index (Phi) is 4.56. The highest BCUT2D eigenvalue weighted by Crippen LogP contribution is 2.17. The van der Waals surface area contributed by atoms with E-state index in [1.165, 1.54) is 0 Å². The zero-order valence-corrected chi connectivity index (χ0v) is 7.84. The van der Waals surface area contributed by atoms with Gasteiger partial charge in [-0.05, 0) is 12.8 Å². The molecule has 1 aliphatic carbocycles. The van der Waals surface area contributed by atoms with Gasteiger partial charge in [-0.1, -0.05) is 0 Å². The maximum atomic E-state index is 11.0. The normalized spacial score (nSPS) is 15.5. The lowest BCUT2D eigenvalue weighted by Gasteiger charge is -2.06. The summed E-state index contributed by atoms with van der Waals surface area (Å²) in [6.07, 6.45) is 2.19. The molecule has 5 heteroatoms. The maximum Gasteiger partial charge on any atom is 0.316 e. The maximum absolute atomic E-state index is 11.0. The number of amides is 2. The molecule has 0 heterocycles. The first-order valence-corrected chi connectivity index (χ1v) is 4.44.